The lowest BCUT2D eigenvalue weighted by Crippen LogP contribution is -2.52. The fraction of sp³-hybridized carbons (Fsp3) is 0.435. The molecular formula is C23H26N2O4S. The number of amides is 2. The summed E-state index contributed by atoms with van der Waals surface area (Å²) in [7, 11) is 0. The van der Waals surface area contributed by atoms with E-state index >= 15 is 0 Å². The van der Waals surface area contributed by atoms with Crippen LogP contribution in [0.4, 0.5) is 0 Å². The predicted molar refractivity (Wildman–Crippen MR) is 115 cm³/mol. The Balaban J connectivity index is 1.48. The summed E-state index contributed by atoms with van der Waals surface area (Å²) in [6.45, 7) is 4.58. The third-order valence-electron chi connectivity index (χ3n) is 5.66. The summed E-state index contributed by atoms with van der Waals surface area (Å²) in [4.78, 5) is 41.1. The molecule has 3 atom stereocenters. The lowest BCUT2D eigenvalue weighted by molar-refractivity contribution is -0.138. The molecule has 0 radical (unpaired) electrons. The van der Waals surface area contributed by atoms with Crippen LogP contribution in [0.5, 0.6) is 0 Å². The number of nitrogens with one attached hydrogen (secondary N) is 1. The largest absolute Gasteiger partial charge is 0.368 e. The number of ketones is 1. The minimum atomic E-state index is -0.665. The van der Waals surface area contributed by atoms with Gasteiger partial charge in [0.05, 0.1) is 6.10 Å². The van der Waals surface area contributed by atoms with Crippen LogP contribution in [0.3, 0.4) is 0 Å². The number of carbonyl (C=O) groups is 3. The van der Waals surface area contributed by atoms with Gasteiger partial charge in [0.15, 0.2) is 5.78 Å². The van der Waals surface area contributed by atoms with E-state index in [2.05, 4.69) is 5.32 Å². The smallest absolute Gasteiger partial charge is 0.251 e. The number of rotatable bonds is 6. The molecule has 1 aromatic heterocycles. The van der Waals surface area contributed by atoms with E-state index in [9.17, 15) is 14.4 Å². The van der Waals surface area contributed by atoms with E-state index in [0.29, 0.717) is 24.9 Å². The first-order valence-electron chi connectivity index (χ1n) is 10.3. The molecule has 6 nitrogen and oxygen atoms in total. The highest BCUT2D eigenvalue weighted by Crippen LogP contribution is 2.28. The normalized spacial score (nSPS) is 21.7. The number of likely N-dealkylation sites (tertiary alicyclic amines) is 1. The molecule has 2 amide bonds. The number of hydrogen-bond acceptors (Lipinski definition) is 5. The Hall–Kier alpha value is -2.51. The number of hydrogen-bond donors (Lipinski definition) is 1. The lowest BCUT2D eigenvalue weighted by atomic mass is 10.0. The van der Waals surface area contributed by atoms with Crippen molar-refractivity contribution in [3.63, 3.8) is 0 Å². The summed E-state index contributed by atoms with van der Waals surface area (Å²) in [6, 6.07) is 10.2. The van der Waals surface area contributed by atoms with Gasteiger partial charge in [-0.05, 0) is 47.9 Å². The second-order valence-electron chi connectivity index (χ2n) is 8.29. The Kier molecular flexibility index (Phi) is 6.01. The van der Waals surface area contributed by atoms with Crippen molar-refractivity contribution in [1.29, 1.82) is 0 Å². The number of thiophene rings is 1. The molecule has 1 N–H and O–H groups in total. The Labute approximate surface area is 180 Å². The highest BCUT2D eigenvalue weighted by molar-refractivity contribution is 7.13. The molecule has 3 heterocycles. The van der Waals surface area contributed by atoms with Gasteiger partial charge >= 0.3 is 0 Å². The first-order chi connectivity index (χ1) is 14.4. The molecule has 2 aliphatic heterocycles. The van der Waals surface area contributed by atoms with Crippen LogP contribution in [-0.4, -0.2) is 53.8 Å². The maximum atomic E-state index is 13.3. The number of carbonyl (C=O) groups excluding carboxylic acids is 3. The second kappa shape index (κ2) is 8.70. The summed E-state index contributed by atoms with van der Waals surface area (Å²) in [5, 5.41) is 4.93. The SMILES string of the molecule is CC(C)C[C@H](NC(=O)c1ccc(-c2cccs2)cc1)C(=O)N1CCC2OCC(=O)C21. The molecule has 4 rings (SSSR count). The van der Waals surface area contributed by atoms with Crippen LogP contribution < -0.4 is 5.32 Å². The molecule has 2 saturated heterocycles. The van der Waals surface area contributed by atoms with Crippen molar-refractivity contribution in [1.82, 2.24) is 10.2 Å². The van der Waals surface area contributed by atoms with Gasteiger partial charge in [-0.3, -0.25) is 14.4 Å². The van der Waals surface area contributed by atoms with Gasteiger partial charge in [-0.25, -0.2) is 0 Å². The molecule has 2 unspecified atom stereocenters. The van der Waals surface area contributed by atoms with E-state index < -0.39 is 12.1 Å². The molecule has 2 aliphatic rings. The minimum Gasteiger partial charge on any atom is -0.368 e. The van der Waals surface area contributed by atoms with Crippen LogP contribution in [-0.2, 0) is 14.3 Å². The Morgan fingerprint density at radius 1 is 1.23 bits per heavy atom. The molecule has 2 aromatic rings. The maximum absolute atomic E-state index is 13.3. The van der Waals surface area contributed by atoms with Gasteiger partial charge < -0.3 is 15.0 Å². The molecule has 2 fully saturated rings. The Bertz CT molecular complexity index is 923. The van der Waals surface area contributed by atoms with Gasteiger partial charge in [-0.15, -0.1) is 11.3 Å². The zero-order valence-electron chi connectivity index (χ0n) is 17.2. The number of benzene rings is 1. The van der Waals surface area contributed by atoms with Crippen LogP contribution in [0.1, 0.15) is 37.0 Å². The summed E-state index contributed by atoms with van der Waals surface area (Å²) < 4.78 is 5.49. The molecule has 1 aromatic carbocycles. The average molecular weight is 427 g/mol. The van der Waals surface area contributed by atoms with Crippen molar-refractivity contribution < 1.29 is 19.1 Å². The maximum Gasteiger partial charge on any atom is 0.251 e. The van der Waals surface area contributed by atoms with E-state index in [0.717, 1.165) is 10.4 Å². The van der Waals surface area contributed by atoms with Crippen molar-refractivity contribution in [3.8, 4) is 10.4 Å². The van der Waals surface area contributed by atoms with Gasteiger partial charge in [0, 0.05) is 17.0 Å². The van der Waals surface area contributed by atoms with E-state index in [1.807, 2.05) is 43.5 Å². The fourth-order valence-electron chi connectivity index (χ4n) is 4.20. The molecule has 0 aliphatic carbocycles. The van der Waals surface area contributed by atoms with Crippen molar-refractivity contribution in [2.75, 3.05) is 13.2 Å². The first kappa shape index (κ1) is 20.8. The molecule has 158 valence electrons. The van der Waals surface area contributed by atoms with E-state index in [1.54, 1.807) is 28.4 Å². The third kappa shape index (κ3) is 4.18. The monoisotopic (exact) mass is 426 g/mol. The van der Waals surface area contributed by atoms with Crippen LogP contribution in [0.25, 0.3) is 10.4 Å². The van der Waals surface area contributed by atoms with Crippen LogP contribution >= 0.6 is 11.3 Å². The van der Waals surface area contributed by atoms with Crippen molar-refractivity contribution in [3.05, 3.63) is 47.3 Å². The highest BCUT2D eigenvalue weighted by atomic mass is 32.1. The number of nitrogens with zero attached hydrogens (tertiary/aromatic N) is 1. The first-order valence-corrected chi connectivity index (χ1v) is 11.2. The van der Waals surface area contributed by atoms with E-state index in [1.165, 1.54) is 0 Å². The quantitative estimate of drug-likeness (QED) is 0.770. The van der Waals surface area contributed by atoms with Gasteiger partial charge in [0.25, 0.3) is 5.91 Å². The average Bonchev–Trinajstić information content (AvgIpc) is 3.46. The molecule has 0 spiro atoms. The molecule has 30 heavy (non-hydrogen) atoms. The zero-order valence-corrected chi connectivity index (χ0v) is 18.0. The van der Waals surface area contributed by atoms with Crippen LogP contribution in [0.15, 0.2) is 41.8 Å². The van der Waals surface area contributed by atoms with Crippen molar-refractivity contribution >= 4 is 28.9 Å². The molecular weight excluding hydrogens is 400 g/mol. The Morgan fingerprint density at radius 3 is 2.67 bits per heavy atom. The Morgan fingerprint density at radius 2 is 2.00 bits per heavy atom. The van der Waals surface area contributed by atoms with Crippen molar-refractivity contribution in [2.24, 2.45) is 5.92 Å². The van der Waals surface area contributed by atoms with Crippen molar-refractivity contribution in [2.45, 2.75) is 44.9 Å². The summed E-state index contributed by atoms with van der Waals surface area (Å²) in [6.07, 6.45) is 0.969. The van der Waals surface area contributed by atoms with Crippen LogP contribution in [0, 0.1) is 5.92 Å². The van der Waals surface area contributed by atoms with Crippen LogP contribution in [0.2, 0.25) is 0 Å². The number of Topliss-reactive ketones (excluding diaryl/α,β-unsaturated/α-hetero) is 1. The van der Waals surface area contributed by atoms with E-state index in [4.69, 9.17) is 4.74 Å². The van der Waals surface area contributed by atoms with Gasteiger partial charge in [0.2, 0.25) is 5.91 Å². The predicted octanol–water partition coefficient (Wildman–Crippen LogP) is 3.13. The standard InChI is InChI=1S/C23H26N2O4S/c1-14(2)12-17(23(28)25-10-9-19-21(25)18(26)13-29-19)24-22(27)16-7-5-15(6-8-16)20-4-3-11-30-20/h3-8,11,14,17,19,21H,9-10,12-13H2,1-2H3,(H,24,27)/t17-,19?,21?/m0/s1. The topological polar surface area (TPSA) is 75.7 Å². The lowest BCUT2D eigenvalue weighted by Gasteiger charge is -2.28. The van der Waals surface area contributed by atoms with E-state index in [-0.39, 0.29) is 36.2 Å². The third-order valence-corrected chi connectivity index (χ3v) is 6.58. The molecule has 0 bridgehead atoms. The summed E-state index contributed by atoms with van der Waals surface area (Å²) >= 11 is 1.64. The van der Waals surface area contributed by atoms with Gasteiger partial charge in [0.1, 0.15) is 18.7 Å². The number of ether oxygens (including phenoxy) is 1. The zero-order chi connectivity index (χ0) is 21.3. The van der Waals surface area contributed by atoms with Gasteiger partial charge in [-0.2, -0.15) is 0 Å². The molecule has 0 saturated carbocycles. The molecule has 7 heteroatoms. The second-order valence-corrected chi connectivity index (χ2v) is 9.24. The fourth-order valence-corrected chi connectivity index (χ4v) is 4.94. The summed E-state index contributed by atoms with van der Waals surface area (Å²) in [5.74, 6) is -0.311. The van der Waals surface area contributed by atoms with Gasteiger partial charge in [-0.1, -0.05) is 32.0 Å². The number of fused-ring (bicyclic) bond motifs is 1. The highest BCUT2D eigenvalue weighted by Gasteiger charge is 2.48. The summed E-state index contributed by atoms with van der Waals surface area (Å²) in [5.41, 5.74) is 1.57. The minimum absolute atomic E-state index is 0.0513.